The summed E-state index contributed by atoms with van der Waals surface area (Å²) in [5.41, 5.74) is 0. The molecule has 0 atom stereocenters. The van der Waals surface area contributed by atoms with Gasteiger partial charge in [-0.05, 0) is 18.2 Å². The van der Waals surface area contributed by atoms with Crippen LogP contribution >= 0.6 is 23.2 Å². The molecule has 0 N–H and O–H groups in total. The van der Waals surface area contributed by atoms with Gasteiger partial charge in [0.2, 0.25) is 10.0 Å². The summed E-state index contributed by atoms with van der Waals surface area (Å²) in [6, 6.07) is 4.13. The van der Waals surface area contributed by atoms with E-state index in [0.717, 1.165) is 4.31 Å². The van der Waals surface area contributed by atoms with Crippen molar-refractivity contribution in [2.45, 2.75) is 11.8 Å². The predicted molar refractivity (Wildman–Crippen MR) is 72.9 cm³/mol. The number of carbonyl (C=O) groups is 1. The molecule has 0 saturated carbocycles. The van der Waals surface area contributed by atoms with Gasteiger partial charge in [0.05, 0.1) is 12.1 Å². The van der Waals surface area contributed by atoms with Gasteiger partial charge in [-0.3, -0.25) is 4.79 Å². The molecule has 0 fully saturated rings. The molecule has 0 aliphatic carbocycles. The number of sulfonamides is 1. The van der Waals surface area contributed by atoms with Crippen molar-refractivity contribution in [3.05, 3.63) is 28.2 Å². The van der Waals surface area contributed by atoms with Crippen molar-refractivity contribution < 1.29 is 17.9 Å². The van der Waals surface area contributed by atoms with Crippen molar-refractivity contribution in [2.24, 2.45) is 0 Å². The van der Waals surface area contributed by atoms with Gasteiger partial charge in [0.15, 0.2) is 0 Å². The summed E-state index contributed by atoms with van der Waals surface area (Å²) in [6.07, 6.45) is 0. The minimum atomic E-state index is -3.89. The molecule has 0 spiro atoms. The van der Waals surface area contributed by atoms with E-state index in [1.54, 1.807) is 6.92 Å². The number of nitrogens with zero attached hydrogens (tertiary/aromatic N) is 1. The average Bonchev–Trinajstić information content (AvgIpc) is 2.37. The lowest BCUT2D eigenvalue weighted by atomic mass is 10.4. The lowest BCUT2D eigenvalue weighted by Gasteiger charge is -2.19. The fourth-order valence-corrected chi connectivity index (χ4v) is 3.52. The average molecular weight is 326 g/mol. The topological polar surface area (TPSA) is 63.7 Å². The van der Waals surface area contributed by atoms with Crippen LogP contribution in [0.1, 0.15) is 6.92 Å². The molecule has 0 saturated heterocycles. The van der Waals surface area contributed by atoms with Crippen molar-refractivity contribution >= 4 is 39.2 Å². The molecule has 0 aliphatic rings. The Kier molecular flexibility index (Phi) is 5.61. The zero-order chi connectivity index (χ0) is 14.6. The Labute approximate surface area is 122 Å². The number of benzene rings is 1. The van der Waals surface area contributed by atoms with Crippen LogP contribution in [-0.2, 0) is 19.6 Å². The minimum absolute atomic E-state index is 0.0488. The summed E-state index contributed by atoms with van der Waals surface area (Å²) in [6.45, 7) is 1.34. The molecule has 1 rings (SSSR count). The highest BCUT2D eigenvalue weighted by atomic mass is 35.5. The van der Waals surface area contributed by atoms with E-state index in [2.05, 4.69) is 4.74 Å². The number of rotatable bonds is 5. The molecule has 19 heavy (non-hydrogen) atoms. The number of methoxy groups -OCH3 is 1. The normalized spacial score (nSPS) is 11.6. The third-order valence-electron chi connectivity index (χ3n) is 2.40. The number of hydrogen-bond acceptors (Lipinski definition) is 4. The highest BCUT2D eigenvalue weighted by molar-refractivity contribution is 7.89. The van der Waals surface area contributed by atoms with E-state index in [-0.39, 0.29) is 28.0 Å². The maximum absolute atomic E-state index is 12.4. The molecule has 1 aromatic carbocycles. The monoisotopic (exact) mass is 325 g/mol. The minimum Gasteiger partial charge on any atom is -0.468 e. The van der Waals surface area contributed by atoms with Crippen LogP contribution in [0.3, 0.4) is 0 Å². The van der Waals surface area contributed by atoms with Gasteiger partial charge in [-0.1, -0.05) is 30.1 Å². The second-order valence-corrected chi connectivity index (χ2v) is 6.33. The number of likely N-dealkylation sites (N-methyl/N-ethyl adjacent to an activating group) is 1. The van der Waals surface area contributed by atoms with E-state index in [9.17, 15) is 13.2 Å². The summed E-state index contributed by atoms with van der Waals surface area (Å²) < 4.78 is 30.2. The Morgan fingerprint density at radius 1 is 1.37 bits per heavy atom. The first kappa shape index (κ1) is 16.2. The van der Waals surface area contributed by atoms with E-state index in [0.29, 0.717) is 0 Å². The van der Waals surface area contributed by atoms with E-state index in [1.807, 2.05) is 0 Å². The molecule has 0 amide bonds. The second-order valence-electron chi connectivity index (χ2n) is 3.58. The van der Waals surface area contributed by atoms with Gasteiger partial charge in [0.1, 0.15) is 11.4 Å². The van der Waals surface area contributed by atoms with Crippen molar-refractivity contribution in [1.82, 2.24) is 4.31 Å². The number of esters is 1. The molecular weight excluding hydrogens is 313 g/mol. The largest absolute Gasteiger partial charge is 0.468 e. The lowest BCUT2D eigenvalue weighted by Crippen LogP contribution is -2.36. The SMILES string of the molecule is CCN(CC(=O)OC)S(=O)(=O)c1cc(Cl)ccc1Cl. The van der Waals surface area contributed by atoms with Crippen molar-refractivity contribution in [2.75, 3.05) is 20.2 Å². The van der Waals surface area contributed by atoms with Gasteiger partial charge in [-0.15, -0.1) is 0 Å². The van der Waals surface area contributed by atoms with Crippen LogP contribution in [0.15, 0.2) is 23.1 Å². The van der Waals surface area contributed by atoms with Crippen molar-refractivity contribution in [3.8, 4) is 0 Å². The van der Waals surface area contributed by atoms with Crippen LogP contribution < -0.4 is 0 Å². The van der Waals surface area contributed by atoms with Gasteiger partial charge >= 0.3 is 5.97 Å². The quantitative estimate of drug-likeness (QED) is 0.778. The summed E-state index contributed by atoms with van der Waals surface area (Å²) in [5, 5.41) is 0.296. The van der Waals surface area contributed by atoms with Crippen LogP contribution in [0.2, 0.25) is 10.0 Å². The van der Waals surface area contributed by atoms with Crippen LogP contribution in [0.4, 0.5) is 0 Å². The smallest absolute Gasteiger partial charge is 0.321 e. The Morgan fingerprint density at radius 3 is 2.53 bits per heavy atom. The van der Waals surface area contributed by atoms with Crippen molar-refractivity contribution in [3.63, 3.8) is 0 Å². The fourth-order valence-electron chi connectivity index (χ4n) is 1.39. The third-order valence-corrected chi connectivity index (χ3v) is 5.03. The highest BCUT2D eigenvalue weighted by Gasteiger charge is 2.27. The highest BCUT2D eigenvalue weighted by Crippen LogP contribution is 2.27. The summed E-state index contributed by atoms with van der Waals surface area (Å²) in [4.78, 5) is 11.1. The van der Waals surface area contributed by atoms with Crippen molar-refractivity contribution in [1.29, 1.82) is 0 Å². The van der Waals surface area contributed by atoms with Crippen LogP contribution in [0.25, 0.3) is 0 Å². The molecule has 8 heteroatoms. The van der Waals surface area contributed by atoms with Crippen LogP contribution in [0.5, 0.6) is 0 Å². The zero-order valence-corrected chi connectivity index (χ0v) is 12.7. The molecule has 1 aromatic rings. The number of hydrogen-bond donors (Lipinski definition) is 0. The van der Waals surface area contributed by atoms with E-state index < -0.39 is 16.0 Å². The fraction of sp³-hybridized carbons (Fsp3) is 0.364. The maximum Gasteiger partial charge on any atom is 0.321 e. The third kappa shape index (κ3) is 3.82. The van der Waals surface area contributed by atoms with Crippen LogP contribution in [-0.4, -0.2) is 38.9 Å². The number of carbonyl (C=O) groups excluding carboxylic acids is 1. The van der Waals surface area contributed by atoms with Gasteiger partial charge in [-0.2, -0.15) is 4.31 Å². The standard InChI is InChI=1S/C11H13Cl2NO4S/c1-3-14(7-11(15)18-2)19(16,17)10-6-8(12)4-5-9(10)13/h4-6H,3,7H2,1-2H3. The first-order chi connectivity index (χ1) is 8.82. The Balaban J connectivity index is 3.20. The molecule has 0 aromatic heterocycles. The van der Waals surface area contributed by atoms with Gasteiger partial charge in [-0.25, -0.2) is 8.42 Å². The first-order valence-corrected chi connectivity index (χ1v) is 7.54. The molecule has 0 unspecified atom stereocenters. The first-order valence-electron chi connectivity index (χ1n) is 5.35. The van der Waals surface area contributed by atoms with Gasteiger partial charge < -0.3 is 4.74 Å². The van der Waals surface area contributed by atoms with E-state index in [4.69, 9.17) is 23.2 Å². The zero-order valence-electron chi connectivity index (χ0n) is 10.4. The molecule has 5 nitrogen and oxygen atoms in total. The van der Waals surface area contributed by atoms with Crippen LogP contribution in [0, 0.1) is 0 Å². The molecule has 0 radical (unpaired) electrons. The lowest BCUT2D eigenvalue weighted by molar-refractivity contribution is -0.140. The summed E-state index contributed by atoms with van der Waals surface area (Å²) in [7, 11) is -2.70. The Hall–Kier alpha value is -0.820. The molecule has 106 valence electrons. The van der Waals surface area contributed by atoms with Gasteiger partial charge in [0, 0.05) is 11.6 Å². The van der Waals surface area contributed by atoms with E-state index >= 15 is 0 Å². The van der Waals surface area contributed by atoms with E-state index in [1.165, 1.54) is 25.3 Å². The Bertz CT molecular complexity index is 574. The summed E-state index contributed by atoms with van der Waals surface area (Å²) >= 11 is 11.6. The number of ether oxygens (including phenoxy) is 1. The Morgan fingerprint density at radius 2 is 2.00 bits per heavy atom. The number of halogens is 2. The second kappa shape index (κ2) is 6.56. The predicted octanol–water partition coefficient (Wildman–Crippen LogP) is 2.18. The molecule has 0 heterocycles. The molecule has 0 bridgehead atoms. The maximum atomic E-state index is 12.4. The summed E-state index contributed by atoms with van der Waals surface area (Å²) in [5.74, 6) is -0.649. The molecule has 0 aliphatic heterocycles. The molecular formula is C11H13Cl2NO4S. The van der Waals surface area contributed by atoms with Gasteiger partial charge in [0.25, 0.3) is 0 Å².